The third kappa shape index (κ3) is 5.63. The Bertz CT molecular complexity index is 806. The molecule has 0 amide bonds. The van der Waals surface area contributed by atoms with Gasteiger partial charge in [0.05, 0.1) is 18.3 Å². The number of hydrogen-bond acceptors (Lipinski definition) is 4. The summed E-state index contributed by atoms with van der Waals surface area (Å²) in [5, 5.41) is 20.3. The lowest BCUT2D eigenvalue weighted by Crippen LogP contribution is -2.39. The van der Waals surface area contributed by atoms with Crippen LogP contribution in [0, 0.1) is 23.2 Å². The average Bonchev–Trinajstić information content (AvgIpc) is 3.32. The van der Waals surface area contributed by atoms with Crippen molar-refractivity contribution in [2.24, 2.45) is 23.2 Å². The Morgan fingerprint density at radius 3 is 2.56 bits per heavy atom. The van der Waals surface area contributed by atoms with Gasteiger partial charge >= 0.3 is 6.36 Å². The molecule has 7 atom stereocenters. The highest BCUT2D eigenvalue weighted by atomic mass is 19.4. The zero-order chi connectivity index (χ0) is 24.7. The van der Waals surface area contributed by atoms with E-state index in [1.807, 2.05) is 0 Å². The highest BCUT2D eigenvalue weighted by Gasteiger charge is 2.51. The van der Waals surface area contributed by atoms with Crippen LogP contribution in [0.1, 0.15) is 65.2 Å². The van der Waals surface area contributed by atoms with Gasteiger partial charge in [-0.25, -0.2) is 0 Å². The molecule has 192 valence electrons. The number of rotatable bonds is 5. The highest BCUT2D eigenvalue weighted by Crippen LogP contribution is 2.59. The number of halogens is 3. The summed E-state index contributed by atoms with van der Waals surface area (Å²) in [6, 6.07) is 0. The molecule has 4 rings (SSSR count). The third-order valence-electron chi connectivity index (χ3n) is 9.10. The monoisotopic (exact) mass is 483 g/mol. The van der Waals surface area contributed by atoms with Gasteiger partial charge in [-0.05, 0) is 80.1 Å². The standard InChI is InChI=1S/C27H40F3NO3/c1-17(15-31-12-10-21(16-31)34-27(28,29)30)22-8-9-23-20(5-4-11-26(22,23)3)7-6-19-13-24(32)18(2)25(33)14-19/h6-7,17,21-25,32-33H,2,4-5,8-16H2,1,3H3/b19-6?,20-7+/t17-,21+,22-,23+,24-,25+,26-/m1/s1. The van der Waals surface area contributed by atoms with Crippen LogP contribution in [-0.2, 0) is 4.74 Å². The number of aliphatic hydroxyl groups is 2. The molecule has 4 nitrogen and oxygen atoms in total. The molecule has 2 N–H and O–H groups in total. The van der Waals surface area contributed by atoms with E-state index in [2.05, 4.69) is 42.2 Å². The Morgan fingerprint density at radius 1 is 1.18 bits per heavy atom. The molecule has 0 bridgehead atoms. The fourth-order valence-corrected chi connectivity index (χ4v) is 7.42. The van der Waals surface area contributed by atoms with Gasteiger partial charge in [0.25, 0.3) is 0 Å². The van der Waals surface area contributed by atoms with Gasteiger partial charge in [0.1, 0.15) is 0 Å². The van der Waals surface area contributed by atoms with Crippen LogP contribution in [0.2, 0.25) is 0 Å². The van der Waals surface area contributed by atoms with Crippen LogP contribution in [0.3, 0.4) is 0 Å². The lowest BCUT2D eigenvalue weighted by molar-refractivity contribution is -0.340. The van der Waals surface area contributed by atoms with Gasteiger partial charge in [0.2, 0.25) is 0 Å². The molecule has 0 aromatic carbocycles. The van der Waals surface area contributed by atoms with E-state index in [9.17, 15) is 23.4 Å². The van der Waals surface area contributed by atoms with E-state index in [0.717, 1.165) is 37.8 Å². The molecule has 3 aliphatic carbocycles. The number of alkyl halides is 3. The summed E-state index contributed by atoms with van der Waals surface area (Å²) in [7, 11) is 0. The van der Waals surface area contributed by atoms with Crippen molar-refractivity contribution in [3.63, 3.8) is 0 Å². The Labute approximate surface area is 201 Å². The molecule has 0 spiro atoms. The molecule has 4 aliphatic rings. The molecule has 0 aromatic heterocycles. The number of hydrogen-bond donors (Lipinski definition) is 2. The topological polar surface area (TPSA) is 52.9 Å². The van der Waals surface area contributed by atoms with E-state index in [4.69, 9.17) is 0 Å². The van der Waals surface area contributed by atoms with Gasteiger partial charge in [-0.15, -0.1) is 13.2 Å². The minimum atomic E-state index is -4.56. The fourth-order valence-electron chi connectivity index (χ4n) is 7.42. The molecule has 0 radical (unpaired) electrons. The van der Waals surface area contributed by atoms with Crippen LogP contribution in [0.15, 0.2) is 35.5 Å². The third-order valence-corrected chi connectivity index (χ3v) is 9.10. The van der Waals surface area contributed by atoms with Gasteiger partial charge < -0.3 is 15.1 Å². The molecular formula is C27H40F3NO3. The van der Waals surface area contributed by atoms with Crippen molar-refractivity contribution in [1.82, 2.24) is 4.90 Å². The minimum absolute atomic E-state index is 0.212. The first-order valence-electron chi connectivity index (χ1n) is 12.9. The summed E-state index contributed by atoms with van der Waals surface area (Å²) in [6.45, 7) is 10.3. The molecule has 1 aliphatic heterocycles. The van der Waals surface area contributed by atoms with Crippen LogP contribution in [0.5, 0.6) is 0 Å². The summed E-state index contributed by atoms with van der Waals surface area (Å²) in [5.41, 5.74) is 3.27. The Kier molecular flexibility index (Phi) is 7.68. The minimum Gasteiger partial charge on any atom is -0.388 e. The molecular weight excluding hydrogens is 443 g/mol. The van der Waals surface area contributed by atoms with Crippen molar-refractivity contribution < 1.29 is 28.1 Å². The average molecular weight is 484 g/mol. The molecule has 34 heavy (non-hydrogen) atoms. The van der Waals surface area contributed by atoms with Crippen molar-refractivity contribution in [1.29, 1.82) is 0 Å². The highest BCUT2D eigenvalue weighted by molar-refractivity contribution is 5.29. The summed E-state index contributed by atoms with van der Waals surface area (Å²) in [5.74, 6) is 1.50. The summed E-state index contributed by atoms with van der Waals surface area (Å²) in [6.07, 6.45) is 4.97. The lowest BCUT2D eigenvalue weighted by Gasteiger charge is -2.45. The van der Waals surface area contributed by atoms with Crippen LogP contribution in [0.4, 0.5) is 13.2 Å². The largest absolute Gasteiger partial charge is 0.522 e. The summed E-state index contributed by atoms with van der Waals surface area (Å²) < 4.78 is 42.0. The molecule has 1 saturated heterocycles. The number of nitrogens with zero attached hydrogens (tertiary/aromatic N) is 1. The Hall–Kier alpha value is -1.15. The Morgan fingerprint density at radius 2 is 1.88 bits per heavy atom. The first-order valence-corrected chi connectivity index (χ1v) is 12.9. The zero-order valence-electron chi connectivity index (χ0n) is 20.5. The van der Waals surface area contributed by atoms with Crippen LogP contribution in [-0.4, -0.2) is 59.4 Å². The van der Waals surface area contributed by atoms with E-state index >= 15 is 0 Å². The fraction of sp³-hybridized carbons (Fsp3) is 0.778. The SMILES string of the molecule is C=C1[C@H](O)CC(=C/C=C2\CCC[C@]3(C)[C@@H]([C@H](C)CN4CC[C@H](OC(F)(F)F)C4)CC[C@@H]23)C[C@@H]1O. The lowest BCUT2D eigenvalue weighted by atomic mass is 9.61. The van der Waals surface area contributed by atoms with Gasteiger partial charge in [-0.3, -0.25) is 4.74 Å². The van der Waals surface area contributed by atoms with E-state index in [1.54, 1.807) is 0 Å². The van der Waals surface area contributed by atoms with E-state index in [1.165, 1.54) is 12.0 Å². The predicted octanol–water partition coefficient (Wildman–Crippen LogP) is 5.37. The second kappa shape index (κ2) is 10.1. The van der Waals surface area contributed by atoms with Gasteiger partial charge in [-0.1, -0.05) is 43.7 Å². The molecule has 0 aromatic rings. The number of likely N-dealkylation sites (tertiary alicyclic amines) is 1. The normalized spacial score (nSPS) is 40.8. The van der Waals surface area contributed by atoms with Crippen LogP contribution >= 0.6 is 0 Å². The first-order chi connectivity index (χ1) is 16.0. The molecule has 7 heteroatoms. The van der Waals surface area contributed by atoms with Crippen molar-refractivity contribution in [2.45, 2.75) is 89.9 Å². The number of allylic oxidation sites excluding steroid dienone is 3. The number of ether oxygens (including phenoxy) is 1. The summed E-state index contributed by atoms with van der Waals surface area (Å²) >= 11 is 0. The van der Waals surface area contributed by atoms with Gasteiger partial charge in [0, 0.05) is 19.6 Å². The second-order valence-corrected chi connectivity index (χ2v) is 11.4. The van der Waals surface area contributed by atoms with E-state index in [-0.39, 0.29) is 5.41 Å². The Balaban J connectivity index is 1.39. The van der Waals surface area contributed by atoms with Crippen LogP contribution in [0.25, 0.3) is 0 Å². The van der Waals surface area contributed by atoms with Crippen molar-refractivity contribution in [3.05, 3.63) is 35.5 Å². The quantitative estimate of drug-likeness (QED) is 0.516. The number of fused-ring (bicyclic) bond motifs is 1. The smallest absolute Gasteiger partial charge is 0.388 e. The van der Waals surface area contributed by atoms with E-state index in [0.29, 0.717) is 55.7 Å². The summed E-state index contributed by atoms with van der Waals surface area (Å²) in [4.78, 5) is 2.15. The zero-order valence-corrected chi connectivity index (χ0v) is 20.5. The predicted molar refractivity (Wildman–Crippen MR) is 126 cm³/mol. The maximum absolute atomic E-state index is 12.6. The molecule has 1 heterocycles. The van der Waals surface area contributed by atoms with Gasteiger partial charge in [0.15, 0.2) is 0 Å². The maximum Gasteiger partial charge on any atom is 0.522 e. The molecule has 4 fully saturated rings. The molecule has 0 unspecified atom stereocenters. The first kappa shape index (κ1) is 25.9. The number of aliphatic hydroxyl groups excluding tert-OH is 2. The van der Waals surface area contributed by atoms with E-state index < -0.39 is 24.7 Å². The van der Waals surface area contributed by atoms with Gasteiger partial charge in [-0.2, -0.15) is 0 Å². The van der Waals surface area contributed by atoms with Crippen molar-refractivity contribution in [2.75, 3.05) is 19.6 Å². The maximum atomic E-state index is 12.6. The van der Waals surface area contributed by atoms with Crippen LogP contribution < -0.4 is 0 Å². The molecule has 3 saturated carbocycles. The second-order valence-electron chi connectivity index (χ2n) is 11.4. The van der Waals surface area contributed by atoms with Crippen molar-refractivity contribution in [3.8, 4) is 0 Å². The van der Waals surface area contributed by atoms with Crippen molar-refractivity contribution >= 4 is 0 Å².